The second kappa shape index (κ2) is 6.00. The Morgan fingerprint density at radius 3 is 2.67 bits per heavy atom. The fourth-order valence-electron chi connectivity index (χ4n) is 2.12. The van der Waals surface area contributed by atoms with E-state index < -0.39 is 16.2 Å². The average Bonchev–Trinajstić information content (AvgIpc) is 2.36. The van der Waals surface area contributed by atoms with Crippen molar-refractivity contribution in [2.45, 2.75) is 19.4 Å². The third-order valence-corrected chi connectivity index (χ3v) is 4.92. The van der Waals surface area contributed by atoms with Gasteiger partial charge < -0.3 is 9.84 Å². The predicted molar refractivity (Wildman–Crippen MR) is 77.7 cm³/mol. The SMILES string of the molecule is CCc1cc(NS(=O)(=O)N2CC(OC)C2)ccc1C(=O)O. The van der Waals surface area contributed by atoms with Gasteiger partial charge in [0.25, 0.3) is 0 Å². The van der Waals surface area contributed by atoms with Crippen LogP contribution in [0.3, 0.4) is 0 Å². The summed E-state index contributed by atoms with van der Waals surface area (Å²) in [6.45, 7) is 2.46. The molecule has 1 saturated heterocycles. The van der Waals surface area contributed by atoms with E-state index in [1.165, 1.54) is 16.4 Å². The first-order chi connectivity index (χ1) is 9.87. The molecule has 1 fully saturated rings. The molecule has 0 bridgehead atoms. The largest absolute Gasteiger partial charge is 0.478 e. The van der Waals surface area contributed by atoms with Crippen molar-refractivity contribution in [1.82, 2.24) is 4.31 Å². The van der Waals surface area contributed by atoms with Crippen molar-refractivity contribution in [2.75, 3.05) is 24.9 Å². The molecule has 1 aliphatic rings. The number of hydrogen-bond donors (Lipinski definition) is 2. The number of carboxylic acids is 1. The highest BCUT2D eigenvalue weighted by atomic mass is 32.2. The number of methoxy groups -OCH3 is 1. The van der Waals surface area contributed by atoms with Gasteiger partial charge in [-0.3, -0.25) is 4.72 Å². The zero-order valence-electron chi connectivity index (χ0n) is 11.9. The van der Waals surface area contributed by atoms with Gasteiger partial charge in [0.05, 0.1) is 17.4 Å². The lowest BCUT2D eigenvalue weighted by molar-refractivity contribution is 0.0128. The molecule has 2 N–H and O–H groups in total. The average molecular weight is 314 g/mol. The fraction of sp³-hybridized carbons (Fsp3) is 0.462. The standard InChI is InChI=1S/C13H18N2O5S/c1-3-9-6-10(4-5-12(9)13(16)17)14-21(18,19)15-7-11(8-15)20-2/h4-6,11,14H,3,7-8H2,1-2H3,(H,16,17). The van der Waals surface area contributed by atoms with Crippen LogP contribution in [0.2, 0.25) is 0 Å². The molecule has 0 atom stereocenters. The van der Waals surface area contributed by atoms with Gasteiger partial charge in [-0.1, -0.05) is 6.92 Å². The molecule has 0 aromatic heterocycles. The highest BCUT2D eigenvalue weighted by Crippen LogP contribution is 2.21. The van der Waals surface area contributed by atoms with E-state index in [1.807, 2.05) is 6.92 Å². The number of nitrogens with one attached hydrogen (secondary N) is 1. The Morgan fingerprint density at radius 1 is 1.48 bits per heavy atom. The van der Waals surface area contributed by atoms with Crippen LogP contribution in [0.25, 0.3) is 0 Å². The zero-order valence-corrected chi connectivity index (χ0v) is 12.7. The number of rotatable bonds is 6. The molecule has 1 aromatic carbocycles. The summed E-state index contributed by atoms with van der Waals surface area (Å²) < 4.78 is 33.0. The van der Waals surface area contributed by atoms with Gasteiger partial charge in [0.2, 0.25) is 0 Å². The van der Waals surface area contributed by atoms with Crippen molar-refractivity contribution in [2.24, 2.45) is 0 Å². The van der Waals surface area contributed by atoms with Gasteiger partial charge in [-0.2, -0.15) is 12.7 Å². The van der Waals surface area contributed by atoms with E-state index in [1.54, 1.807) is 13.2 Å². The van der Waals surface area contributed by atoms with Crippen LogP contribution in [0.5, 0.6) is 0 Å². The Bertz CT molecular complexity index is 638. The molecular formula is C13H18N2O5S. The zero-order chi connectivity index (χ0) is 15.6. The minimum absolute atomic E-state index is 0.0674. The van der Waals surface area contributed by atoms with Crippen molar-refractivity contribution in [3.8, 4) is 0 Å². The number of nitrogens with zero attached hydrogens (tertiary/aromatic N) is 1. The fourth-order valence-corrected chi connectivity index (χ4v) is 3.40. The van der Waals surface area contributed by atoms with Crippen LogP contribution >= 0.6 is 0 Å². The molecule has 2 rings (SSSR count). The Labute approximate surface area is 123 Å². The highest BCUT2D eigenvalue weighted by Gasteiger charge is 2.35. The maximum Gasteiger partial charge on any atom is 0.335 e. The second-order valence-electron chi connectivity index (χ2n) is 4.81. The van der Waals surface area contributed by atoms with E-state index in [9.17, 15) is 13.2 Å². The van der Waals surface area contributed by atoms with Gasteiger partial charge in [-0.25, -0.2) is 4.79 Å². The Morgan fingerprint density at radius 2 is 2.14 bits per heavy atom. The number of ether oxygens (including phenoxy) is 1. The number of carboxylic acid groups (broad SMARTS) is 1. The Hall–Kier alpha value is -1.64. The van der Waals surface area contributed by atoms with E-state index in [0.717, 1.165) is 0 Å². The van der Waals surface area contributed by atoms with Gasteiger partial charge >= 0.3 is 16.2 Å². The third kappa shape index (κ3) is 3.34. The van der Waals surface area contributed by atoms with E-state index >= 15 is 0 Å². The Kier molecular flexibility index (Phi) is 4.50. The van der Waals surface area contributed by atoms with Crippen LogP contribution in [0.4, 0.5) is 5.69 Å². The monoisotopic (exact) mass is 314 g/mol. The summed E-state index contributed by atoms with van der Waals surface area (Å²) in [6.07, 6.45) is 0.439. The van der Waals surface area contributed by atoms with Crippen LogP contribution in [0, 0.1) is 0 Å². The molecule has 0 aliphatic carbocycles. The van der Waals surface area contributed by atoms with Gasteiger partial charge in [0.15, 0.2) is 0 Å². The maximum atomic E-state index is 12.1. The smallest absolute Gasteiger partial charge is 0.335 e. The van der Waals surface area contributed by atoms with Crippen LogP contribution in [0.15, 0.2) is 18.2 Å². The molecule has 0 unspecified atom stereocenters. The molecular weight excluding hydrogens is 296 g/mol. The molecule has 7 nitrogen and oxygen atoms in total. The minimum atomic E-state index is -3.62. The van der Waals surface area contributed by atoms with E-state index in [-0.39, 0.29) is 11.7 Å². The van der Waals surface area contributed by atoms with Crippen LogP contribution in [-0.4, -0.2) is 50.1 Å². The highest BCUT2D eigenvalue weighted by molar-refractivity contribution is 7.90. The Balaban J connectivity index is 2.15. The molecule has 0 radical (unpaired) electrons. The quantitative estimate of drug-likeness (QED) is 0.814. The maximum absolute atomic E-state index is 12.1. The predicted octanol–water partition coefficient (Wildman–Crippen LogP) is 0.934. The molecule has 8 heteroatoms. The number of carbonyl (C=O) groups is 1. The number of anilines is 1. The summed E-state index contributed by atoms with van der Waals surface area (Å²) in [6, 6.07) is 4.41. The van der Waals surface area contributed by atoms with E-state index in [4.69, 9.17) is 9.84 Å². The number of hydrogen-bond acceptors (Lipinski definition) is 4. The first-order valence-electron chi connectivity index (χ1n) is 6.54. The number of aromatic carboxylic acids is 1. The molecule has 116 valence electrons. The lowest BCUT2D eigenvalue weighted by Crippen LogP contribution is -2.55. The molecule has 1 heterocycles. The molecule has 0 saturated carbocycles. The third-order valence-electron chi connectivity index (χ3n) is 3.45. The van der Waals surface area contributed by atoms with Gasteiger partial charge in [-0.15, -0.1) is 0 Å². The molecule has 1 aliphatic heterocycles. The summed E-state index contributed by atoms with van der Waals surface area (Å²) in [4.78, 5) is 11.0. The van der Waals surface area contributed by atoms with Crippen LogP contribution in [-0.2, 0) is 21.4 Å². The normalized spacial score (nSPS) is 16.5. The first kappa shape index (κ1) is 15.7. The van der Waals surface area contributed by atoms with Crippen molar-refractivity contribution in [3.63, 3.8) is 0 Å². The van der Waals surface area contributed by atoms with E-state index in [0.29, 0.717) is 30.8 Å². The van der Waals surface area contributed by atoms with Gasteiger partial charge in [0.1, 0.15) is 0 Å². The van der Waals surface area contributed by atoms with E-state index in [2.05, 4.69) is 4.72 Å². The topological polar surface area (TPSA) is 95.9 Å². The lowest BCUT2D eigenvalue weighted by atomic mass is 10.0. The van der Waals surface area contributed by atoms with Crippen molar-refractivity contribution in [3.05, 3.63) is 29.3 Å². The lowest BCUT2D eigenvalue weighted by Gasteiger charge is -2.36. The first-order valence-corrected chi connectivity index (χ1v) is 7.98. The van der Waals surface area contributed by atoms with Crippen molar-refractivity contribution < 1.29 is 23.1 Å². The van der Waals surface area contributed by atoms with Gasteiger partial charge in [-0.05, 0) is 30.2 Å². The molecule has 21 heavy (non-hydrogen) atoms. The van der Waals surface area contributed by atoms with Gasteiger partial charge in [0, 0.05) is 20.2 Å². The van der Waals surface area contributed by atoms with Crippen molar-refractivity contribution in [1.29, 1.82) is 0 Å². The molecule has 0 spiro atoms. The minimum Gasteiger partial charge on any atom is -0.478 e. The summed E-state index contributed by atoms with van der Waals surface area (Å²) in [5.74, 6) is -1.02. The summed E-state index contributed by atoms with van der Waals surface area (Å²) in [5.41, 5.74) is 1.13. The molecule has 1 aromatic rings. The van der Waals surface area contributed by atoms with Crippen molar-refractivity contribution >= 4 is 21.9 Å². The van der Waals surface area contributed by atoms with Crippen LogP contribution in [0.1, 0.15) is 22.8 Å². The number of benzene rings is 1. The second-order valence-corrected chi connectivity index (χ2v) is 6.48. The summed E-state index contributed by atoms with van der Waals surface area (Å²) in [7, 11) is -2.08. The summed E-state index contributed by atoms with van der Waals surface area (Å²) in [5, 5.41) is 9.05. The molecule has 0 amide bonds. The van der Waals surface area contributed by atoms with Crippen LogP contribution < -0.4 is 4.72 Å². The number of aryl methyl sites for hydroxylation is 1. The summed E-state index contributed by atoms with van der Waals surface area (Å²) >= 11 is 0.